The number of hydrogen-bond donors (Lipinski definition) is 3. The van der Waals surface area contributed by atoms with Crippen molar-refractivity contribution in [3.63, 3.8) is 0 Å². The van der Waals surface area contributed by atoms with Gasteiger partial charge in [-0.2, -0.15) is 9.78 Å². The highest BCUT2D eigenvalue weighted by molar-refractivity contribution is 6.05. The number of rotatable bonds is 6. The van der Waals surface area contributed by atoms with Gasteiger partial charge in [-0.25, -0.2) is 4.79 Å². The first kappa shape index (κ1) is 24.5. The summed E-state index contributed by atoms with van der Waals surface area (Å²) < 4.78 is 12.1. The number of carbonyl (C=O) groups excluding carboxylic acids is 2. The highest BCUT2D eigenvalue weighted by atomic mass is 16.7. The third-order valence-corrected chi connectivity index (χ3v) is 7.15. The second-order valence-electron chi connectivity index (χ2n) is 9.75. The minimum atomic E-state index is -0.331. The van der Waals surface area contributed by atoms with Gasteiger partial charge in [0, 0.05) is 29.3 Å². The molecular weight excluding hydrogens is 496 g/mol. The molecule has 3 N–H and O–H groups in total. The third-order valence-electron chi connectivity index (χ3n) is 7.15. The van der Waals surface area contributed by atoms with Crippen LogP contribution in [0.3, 0.4) is 0 Å². The molecule has 3 aromatic carbocycles. The van der Waals surface area contributed by atoms with Crippen LogP contribution < -0.4 is 20.1 Å². The molecule has 0 radical (unpaired) electrons. The van der Waals surface area contributed by atoms with Crippen molar-refractivity contribution in [1.29, 1.82) is 0 Å². The quantitative estimate of drug-likeness (QED) is 0.281. The zero-order chi connectivity index (χ0) is 26.8. The predicted molar refractivity (Wildman–Crippen MR) is 145 cm³/mol. The molecule has 1 aliphatic heterocycles. The van der Waals surface area contributed by atoms with Gasteiger partial charge < -0.3 is 25.2 Å². The topological polar surface area (TPSA) is 115 Å². The van der Waals surface area contributed by atoms with Crippen LogP contribution in [0, 0.1) is 0 Å². The highest BCUT2D eigenvalue weighted by Crippen LogP contribution is 2.38. The molecule has 39 heavy (non-hydrogen) atoms. The molecule has 198 valence electrons. The highest BCUT2D eigenvalue weighted by Gasteiger charge is 2.26. The van der Waals surface area contributed by atoms with E-state index in [1.165, 1.54) is 10.7 Å². The molecule has 0 saturated heterocycles. The zero-order valence-corrected chi connectivity index (χ0v) is 21.2. The van der Waals surface area contributed by atoms with E-state index in [0.717, 1.165) is 36.9 Å². The largest absolute Gasteiger partial charge is 0.507 e. The van der Waals surface area contributed by atoms with Crippen LogP contribution in [0.1, 0.15) is 53.2 Å². The molecule has 2 amide bonds. The Balaban J connectivity index is 1.26. The predicted octanol–water partition coefficient (Wildman–Crippen LogP) is 5.65. The standard InChI is InChI=1S/C30H28N4O5/c35-26-12-11-22(32-29(36)21-10-13-27-28(14-21)39-18-38-27)15-23(26)24-16-25(20-8-4-5-9-20)34(33-24)30(37)31-17-19-6-2-1-3-7-19/h1-3,6-7,10-16,20,35H,4-5,8-9,17-18H2,(H,31,37)(H,32,36). The van der Waals surface area contributed by atoms with E-state index in [4.69, 9.17) is 9.47 Å². The van der Waals surface area contributed by atoms with E-state index < -0.39 is 0 Å². The lowest BCUT2D eigenvalue weighted by Crippen LogP contribution is -2.30. The summed E-state index contributed by atoms with van der Waals surface area (Å²) in [5.74, 6) is 1.00. The molecule has 1 aliphatic carbocycles. The molecular formula is C30H28N4O5. The van der Waals surface area contributed by atoms with Crippen LogP contribution in [0.15, 0.2) is 72.8 Å². The van der Waals surface area contributed by atoms with Crippen molar-refractivity contribution in [2.75, 3.05) is 12.1 Å². The number of nitrogens with one attached hydrogen (secondary N) is 2. The van der Waals surface area contributed by atoms with Crippen LogP contribution in [0.25, 0.3) is 11.3 Å². The van der Waals surface area contributed by atoms with Crippen molar-refractivity contribution in [1.82, 2.24) is 15.1 Å². The van der Waals surface area contributed by atoms with E-state index in [9.17, 15) is 14.7 Å². The van der Waals surface area contributed by atoms with Gasteiger partial charge >= 0.3 is 6.03 Å². The molecule has 1 aromatic heterocycles. The molecule has 4 aromatic rings. The monoisotopic (exact) mass is 524 g/mol. The second kappa shape index (κ2) is 10.5. The van der Waals surface area contributed by atoms with Crippen LogP contribution in [0.5, 0.6) is 17.2 Å². The number of anilines is 1. The molecule has 9 nitrogen and oxygen atoms in total. The first-order valence-corrected chi connectivity index (χ1v) is 13.0. The summed E-state index contributed by atoms with van der Waals surface area (Å²) in [5, 5.41) is 21.1. The number of nitrogens with zero attached hydrogens (tertiary/aromatic N) is 2. The fraction of sp³-hybridized carbons (Fsp3) is 0.233. The number of aromatic hydroxyl groups is 1. The van der Waals surface area contributed by atoms with Crippen molar-refractivity contribution in [2.24, 2.45) is 0 Å². The lowest BCUT2D eigenvalue weighted by molar-refractivity contribution is 0.102. The molecule has 6 rings (SSSR count). The van der Waals surface area contributed by atoms with Gasteiger partial charge in [0.25, 0.3) is 5.91 Å². The SMILES string of the molecule is O=C(Nc1ccc(O)c(-c2cc(C3CCCC3)n(C(=O)NCc3ccccc3)n2)c1)c1ccc2c(c1)OCO2. The first-order valence-electron chi connectivity index (χ1n) is 13.0. The van der Waals surface area contributed by atoms with Crippen molar-refractivity contribution < 1.29 is 24.2 Å². The normalized spacial score (nSPS) is 14.4. The number of phenolic OH excluding ortho intramolecular Hbond substituents is 1. The molecule has 2 heterocycles. The maximum atomic E-state index is 13.2. The van der Waals surface area contributed by atoms with E-state index in [2.05, 4.69) is 15.7 Å². The second-order valence-corrected chi connectivity index (χ2v) is 9.75. The summed E-state index contributed by atoms with van der Waals surface area (Å²) in [5.41, 5.74) is 3.59. The Morgan fingerprint density at radius 1 is 0.949 bits per heavy atom. The van der Waals surface area contributed by atoms with Gasteiger partial charge in [-0.1, -0.05) is 43.2 Å². The average molecular weight is 525 g/mol. The summed E-state index contributed by atoms with van der Waals surface area (Å²) >= 11 is 0. The van der Waals surface area contributed by atoms with Crippen molar-refractivity contribution >= 4 is 17.6 Å². The summed E-state index contributed by atoms with van der Waals surface area (Å²) in [6.07, 6.45) is 4.16. The van der Waals surface area contributed by atoms with E-state index in [-0.39, 0.29) is 30.4 Å². The molecule has 2 aliphatic rings. The first-order chi connectivity index (χ1) is 19.0. The fourth-order valence-corrected chi connectivity index (χ4v) is 5.11. The van der Waals surface area contributed by atoms with Crippen LogP contribution >= 0.6 is 0 Å². The minimum absolute atomic E-state index is 0.00314. The van der Waals surface area contributed by atoms with Gasteiger partial charge in [0.05, 0.1) is 11.4 Å². The Hall–Kier alpha value is -4.79. The summed E-state index contributed by atoms with van der Waals surface area (Å²) in [6, 6.07) is 21.0. The fourth-order valence-electron chi connectivity index (χ4n) is 5.11. The van der Waals surface area contributed by atoms with Gasteiger partial charge in [-0.15, -0.1) is 0 Å². The molecule has 0 atom stereocenters. The van der Waals surface area contributed by atoms with Crippen molar-refractivity contribution in [3.05, 3.63) is 89.6 Å². The molecule has 0 spiro atoms. The summed E-state index contributed by atoms with van der Waals surface area (Å²) in [7, 11) is 0. The lowest BCUT2D eigenvalue weighted by Gasteiger charge is -2.12. The van der Waals surface area contributed by atoms with Crippen LogP contribution in [-0.4, -0.2) is 33.6 Å². The van der Waals surface area contributed by atoms with Gasteiger partial charge in [0.1, 0.15) is 5.75 Å². The van der Waals surface area contributed by atoms with E-state index in [0.29, 0.717) is 40.6 Å². The van der Waals surface area contributed by atoms with Crippen molar-refractivity contribution in [2.45, 2.75) is 38.1 Å². The van der Waals surface area contributed by atoms with Gasteiger partial charge in [-0.3, -0.25) is 4.79 Å². The number of amides is 2. The Kier molecular flexibility index (Phi) is 6.62. The smallest absolute Gasteiger partial charge is 0.342 e. The van der Waals surface area contributed by atoms with Crippen LogP contribution in [0.2, 0.25) is 0 Å². The molecule has 1 saturated carbocycles. The maximum Gasteiger partial charge on any atom is 0.342 e. The Morgan fingerprint density at radius 3 is 2.56 bits per heavy atom. The van der Waals surface area contributed by atoms with Crippen LogP contribution in [0.4, 0.5) is 10.5 Å². The lowest BCUT2D eigenvalue weighted by atomic mass is 10.0. The van der Waals surface area contributed by atoms with Crippen molar-refractivity contribution in [3.8, 4) is 28.5 Å². The number of aromatic nitrogens is 2. The molecule has 1 fully saturated rings. The maximum absolute atomic E-state index is 13.2. The summed E-state index contributed by atoms with van der Waals surface area (Å²) in [6.45, 7) is 0.507. The van der Waals surface area contributed by atoms with E-state index in [1.54, 1.807) is 30.3 Å². The number of ether oxygens (including phenoxy) is 2. The number of benzene rings is 3. The van der Waals surface area contributed by atoms with Crippen LogP contribution in [-0.2, 0) is 6.54 Å². The number of carbonyl (C=O) groups is 2. The molecule has 9 heteroatoms. The van der Waals surface area contributed by atoms with Gasteiger partial charge in [0.2, 0.25) is 6.79 Å². The average Bonchev–Trinajstić information content (AvgIpc) is 3.73. The zero-order valence-electron chi connectivity index (χ0n) is 21.2. The Bertz CT molecular complexity index is 1530. The number of fused-ring (bicyclic) bond motifs is 1. The Morgan fingerprint density at radius 2 is 1.74 bits per heavy atom. The summed E-state index contributed by atoms with van der Waals surface area (Å²) in [4.78, 5) is 26.1. The van der Waals surface area contributed by atoms with E-state index in [1.807, 2.05) is 36.4 Å². The number of hydrogen-bond acceptors (Lipinski definition) is 6. The van der Waals surface area contributed by atoms with E-state index >= 15 is 0 Å². The van der Waals surface area contributed by atoms with Gasteiger partial charge in [0.15, 0.2) is 11.5 Å². The molecule has 0 bridgehead atoms. The third kappa shape index (κ3) is 5.16. The molecule has 0 unspecified atom stereocenters. The minimum Gasteiger partial charge on any atom is -0.507 e. The Labute approximate surface area is 225 Å². The van der Waals surface area contributed by atoms with Gasteiger partial charge in [-0.05, 0) is 60.9 Å². The number of phenols is 1.